The molecule has 1 aliphatic rings. The van der Waals surface area contributed by atoms with Crippen LogP contribution in [0.4, 0.5) is 5.69 Å². The highest BCUT2D eigenvalue weighted by molar-refractivity contribution is 5.97. The van der Waals surface area contributed by atoms with Crippen molar-refractivity contribution in [1.29, 1.82) is 0 Å². The minimum Gasteiger partial charge on any atom is -0.396 e. The van der Waals surface area contributed by atoms with Gasteiger partial charge in [-0.25, -0.2) is 0 Å². The molecular formula is C14H24N4O. The number of nitrogens with two attached hydrogens (primary N) is 1. The van der Waals surface area contributed by atoms with Gasteiger partial charge in [-0.15, -0.1) is 0 Å². The van der Waals surface area contributed by atoms with Crippen molar-refractivity contribution in [3.8, 4) is 0 Å². The lowest BCUT2D eigenvalue weighted by atomic mass is 9.83. The Morgan fingerprint density at radius 2 is 2.21 bits per heavy atom. The minimum atomic E-state index is -0.0813. The Morgan fingerprint density at radius 1 is 1.47 bits per heavy atom. The Labute approximate surface area is 114 Å². The van der Waals surface area contributed by atoms with Gasteiger partial charge in [0.1, 0.15) is 5.69 Å². The van der Waals surface area contributed by atoms with E-state index < -0.39 is 0 Å². The number of carbonyl (C=O) groups is 1. The monoisotopic (exact) mass is 264 g/mol. The molecule has 0 bridgehead atoms. The van der Waals surface area contributed by atoms with E-state index in [9.17, 15) is 4.79 Å². The highest BCUT2D eigenvalue weighted by Crippen LogP contribution is 2.27. The van der Waals surface area contributed by atoms with Crippen LogP contribution in [0.3, 0.4) is 0 Å². The number of hydrogen-bond acceptors (Lipinski definition) is 3. The molecule has 0 aromatic carbocycles. The number of hydrogen-bond donors (Lipinski definition) is 2. The normalized spacial score (nSPS) is 23.3. The predicted octanol–water partition coefficient (Wildman–Crippen LogP) is 2.18. The maximum absolute atomic E-state index is 12.4. The van der Waals surface area contributed by atoms with Gasteiger partial charge in [-0.3, -0.25) is 9.48 Å². The van der Waals surface area contributed by atoms with Crippen LogP contribution in [0.25, 0.3) is 0 Å². The van der Waals surface area contributed by atoms with Crippen LogP contribution in [0.5, 0.6) is 0 Å². The minimum absolute atomic E-state index is 0.0813. The summed E-state index contributed by atoms with van der Waals surface area (Å²) in [7, 11) is 0. The molecule has 0 spiro atoms. The molecule has 1 amide bonds. The highest BCUT2D eigenvalue weighted by atomic mass is 16.2. The maximum atomic E-state index is 12.4. The number of rotatable bonds is 4. The van der Waals surface area contributed by atoms with Crippen LogP contribution in [0, 0.1) is 5.92 Å². The third-order valence-electron chi connectivity index (χ3n) is 4.13. The Balaban J connectivity index is 2.09. The van der Waals surface area contributed by atoms with Gasteiger partial charge >= 0.3 is 0 Å². The fourth-order valence-electron chi connectivity index (χ4n) is 3.01. The molecule has 1 saturated carbocycles. The summed E-state index contributed by atoms with van der Waals surface area (Å²) in [4.78, 5) is 12.4. The van der Waals surface area contributed by atoms with Crippen molar-refractivity contribution in [2.24, 2.45) is 5.92 Å². The van der Waals surface area contributed by atoms with Gasteiger partial charge in [0, 0.05) is 12.6 Å². The zero-order valence-electron chi connectivity index (χ0n) is 11.9. The molecule has 19 heavy (non-hydrogen) atoms. The number of nitrogens with zero attached hydrogens (tertiary/aromatic N) is 2. The zero-order chi connectivity index (χ0) is 13.8. The Hall–Kier alpha value is -1.52. The Kier molecular flexibility index (Phi) is 4.45. The second-order valence-corrected chi connectivity index (χ2v) is 5.30. The van der Waals surface area contributed by atoms with Crippen LogP contribution in [0.1, 0.15) is 56.4 Å². The molecule has 1 heterocycles. The summed E-state index contributed by atoms with van der Waals surface area (Å²) in [5, 5.41) is 7.28. The third kappa shape index (κ3) is 2.91. The second-order valence-electron chi connectivity index (χ2n) is 5.30. The number of carbonyl (C=O) groups excluding carboxylic acids is 1. The van der Waals surface area contributed by atoms with Crippen LogP contribution in [0.2, 0.25) is 0 Å². The molecule has 0 radical (unpaired) electrons. The summed E-state index contributed by atoms with van der Waals surface area (Å²) in [6.45, 7) is 4.81. The van der Waals surface area contributed by atoms with Crippen molar-refractivity contribution in [1.82, 2.24) is 15.1 Å². The lowest BCUT2D eigenvalue weighted by Crippen LogP contribution is -2.42. The van der Waals surface area contributed by atoms with Gasteiger partial charge in [-0.2, -0.15) is 5.10 Å². The molecule has 2 rings (SSSR count). The predicted molar refractivity (Wildman–Crippen MR) is 75.8 cm³/mol. The molecule has 2 unspecified atom stereocenters. The fourth-order valence-corrected chi connectivity index (χ4v) is 3.01. The number of anilines is 1. The standard InChI is InChI=1S/C14H24N4O/c1-3-10-7-5-6-8-12(10)17-14(19)13-11(15)9-16-18(13)4-2/h9-10,12H,3-8,15H2,1-2H3,(H,17,19). The largest absolute Gasteiger partial charge is 0.396 e. The first-order valence-corrected chi connectivity index (χ1v) is 7.29. The SMILES string of the molecule is CCC1CCCCC1NC(=O)c1c(N)cnn1CC. The molecule has 5 heteroatoms. The van der Waals surface area contributed by atoms with Crippen molar-refractivity contribution < 1.29 is 4.79 Å². The summed E-state index contributed by atoms with van der Waals surface area (Å²) in [5.74, 6) is 0.513. The van der Waals surface area contributed by atoms with Gasteiger partial charge in [0.15, 0.2) is 0 Å². The van der Waals surface area contributed by atoms with E-state index in [-0.39, 0.29) is 11.9 Å². The van der Waals surface area contributed by atoms with Crippen molar-refractivity contribution in [2.75, 3.05) is 5.73 Å². The van der Waals surface area contributed by atoms with Crippen molar-refractivity contribution >= 4 is 11.6 Å². The van der Waals surface area contributed by atoms with E-state index >= 15 is 0 Å². The molecule has 0 aliphatic heterocycles. The maximum Gasteiger partial charge on any atom is 0.271 e. The third-order valence-corrected chi connectivity index (χ3v) is 4.13. The van der Waals surface area contributed by atoms with E-state index in [4.69, 9.17) is 5.73 Å². The molecular weight excluding hydrogens is 240 g/mol. The number of nitrogen functional groups attached to an aromatic ring is 1. The quantitative estimate of drug-likeness (QED) is 0.875. The summed E-state index contributed by atoms with van der Waals surface area (Å²) >= 11 is 0. The summed E-state index contributed by atoms with van der Waals surface area (Å²) in [6, 6.07) is 0.283. The molecule has 1 fully saturated rings. The topological polar surface area (TPSA) is 72.9 Å². The molecule has 1 aromatic rings. The van der Waals surface area contributed by atoms with Gasteiger partial charge in [0.2, 0.25) is 0 Å². The Bertz CT molecular complexity index is 441. The van der Waals surface area contributed by atoms with Crippen LogP contribution in [-0.2, 0) is 6.54 Å². The lowest BCUT2D eigenvalue weighted by molar-refractivity contribution is 0.0895. The smallest absolute Gasteiger partial charge is 0.271 e. The van der Waals surface area contributed by atoms with E-state index in [0.29, 0.717) is 23.8 Å². The van der Waals surface area contributed by atoms with Gasteiger partial charge < -0.3 is 11.1 Å². The van der Waals surface area contributed by atoms with E-state index in [1.54, 1.807) is 10.9 Å². The molecule has 1 aromatic heterocycles. The van der Waals surface area contributed by atoms with Crippen LogP contribution in [0.15, 0.2) is 6.20 Å². The lowest BCUT2D eigenvalue weighted by Gasteiger charge is -2.31. The molecule has 1 aliphatic carbocycles. The van der Waals surface area contributed by atoms with E-state index in [1.165, 1.54) is 19.3 Å². The van der Waals surface area contributed by atoms with E-state index in [0.717, 1.165) is 12.8 Å². The van der Waals surface area contributed by atoms with Crippen LogP contribution < -0.4 is 11.1 Å². The molecule has 2 atom stereocenters. The molecule has 5 nitrogen and oxygen atoms in total. The molecule has 0 saturated heterocycles. The van der Waals surface area contributed by atoms with Crippen molar-refractivity contribution in [3.05, 3.63) is 11.9 Å². The fraction of sp³-hybridized carbons (Fsp3) is 0.714. The first-order valence-electron chi connectivity index (χ1n) is 7.29. The summed E-state index contributed by atoms with van der Waals surface area (Å²) in [6.07, 6.45) is 7.43. The highest BCUT2D eigenvalue weighted by Gasteiger charge is 2.27. The van der Waals surface area contributed by atoms with Crippen molar-refractivity contribution in [2.45, 2.75) is 58.5 Å². The summed E-state index contributed by atoms with van der Waals surface area (Å²) < 4.78 is 1.66. The average molecular weight is 264 g/mol. The van der Waals surface area contributed by atoms with Gasteiger partial charge in [0.05, 0.1) is 11.9 Å². The van der Waals surface area contributed by atoms with E-state index in [2.05, 4.69) is 17.3 Å². The van der Waals surface area contributed by atoms with Gasteiger partial charge in [-0.1, -0.05) is 26.2 Å². The second kappa shape index (κ2) is 6.08. The van der Waals surface area contributed by atoms with Crippen LogP contribution >= 0.6 is 0 Å². The van der Waals surface area contributed by atoms with Crippen molar-refractivity contribution in [3.63, 3.8) is 0 Å². The number of aryl methyl sites for hydroxylation is 1. The number of amides is 1. The van der Waals surface area contributed by atoms with E-state index in [1.807, 2.05) is 6.92 Å². The van der Waals surface area contributed by atoms with Crippen LogP contribution in [-0.4, -0.2) is 21.7 Å². The zero-order valence-corrected chi connectivity index (χ0v) is 11.9. The average Bonchev–Trinajstić information content (AvgIpc) is 2.80. The Morgan fingerprint density at radius 3 is 2.89 bits per heavy atom. The molecule has 106 valence electrons. The summed E-state index contributed by atoms with van der Waals surface area (Å²) in [5.41, 5.74) is 6.81. The first kappa shape index (κ1) is 13.9. The molecule has 3 N–H and O–H groups in total. The van der Waals surface area contributed by atoms with Gasteiger partial charge in [0.25, 0.3) is 5.91 Å². The number of aromatic nitrogens is 2. The first-order chi connectivity index (χ1) is 9.17. The van der Waals surface area contributed by atoms with Gasteiger partial charge in [-0.05, 0) is 25.7 Å². The number of nitrogens with one attached hydrogen (secondary N) is 1.